The third kappa shape index (κ3) is 3.49. The van der Waals surface area contributed by atoms with E-state index < -0.39 is 5.60 Å². The molecule has 0 aromatic heterocycles. The Morgan fingerprint density at radius 1 is 1.36 bits per heavy atom. The summed E-state index contributed by atoms with van der Waals surface area (Å²) in [6, 6.07) is 5.29. The Balaban J connectivity index is 2.24. The highest BCUT2D eigenvalue weighted by molar-refractivity contribution is 5.91. The minimum Gasteiger partial charge on any atom is -0.465 e. The molecule has 0 aliphatic heterocycles. The highest BCUT2D eigenvalue weighted by Gasteiger charge is 2.37. The van der Waals surface area contributed by atoms with Gasteiger partial charge in [0.05, 0.1) is 18.8 Å². The third-order valence-corrected chi connectivity index (χ3v) is 4.15. The van der Waals surface area contributed by atoms with Crippen LogP contribution in [0.3, 0.4) is 0 Å². The number of carbonyl (C=O) groups excluding carboxylic acids is 1. The Bertz CT molecular complexity index is 611. The minimum atomic E-state index is -1.10. The number of aryl methyl sites for hydroxylation is 1. The van der Waals surface area contributed by atoms with Crippen LogP contribution in [-0.4, -0.2) is 37.0 Å². The van der Waals surface area contributed by atoms with E-state index in [1.807, 2.05) is 13.0 Å². The first-order chi connectivity index (χ1) is 10.5. The first-order valence-corrected chi connectivity index (χ1v) is 7.47. The van der Waals surface area contributed by atoms with Crippen molar-refractivity contribution >= 4 is 5.97 Å². The van der Waals surface area contributed by atoms with Gasteiger partial charge in [-0.15, -0.1) is 0 Å². The van der Waals surface area contributed by atoms with Crippen molar-refractivity contribution in [2.75, 3.05) is 14.2 Å². The molecule has 1 fully saturated rings. The molecule has 1 N–H and O–H groups in total. The van der Waals surface area contributed by atoms with Crippen LogP contribution in [0.1, 0.15) is 47.2 Å². The first-order valence-electron chi connectivity index (χ1n) is 7.47. The molecular formula is C18H22O4. The maximum Gasteiger partial charge on any atom is 0.338 e. The van der Waals surface area contributed by atoms with Gasteiger partial charge >= 0.3 is 5.97 Å². The maximum atomic E-state index is 11.6. The number of aliphatic hydroxyl groups is 1. The Morgan fingerprint density at radius 2 is 2.14 bits per heavy atom. The fourth-order valence-corrected chi connectivity index (χ4v) is 2.84. The van der Waals surface area contributed by atoms with Gasteiger partial charge in [-0.25, -0.2) is 4.79 Å². The summed E-state index contributed by atoms with van der Waals surface area (Å²) in [7, 11) is 2.97. The summed E-state index contributed by atoms with van der Waals surface area (Å²) in [4.78, 5) is 11.6. The average molecular weight is 302 g/mol. The van der Waals surface area contributed by atoms with Gasteiger partial charge in [0, 0.05) is 12.7 Å². The smallest absolute Gasteiger partial charge is 0.338 e. The van der Waals surface area contributed by atoms with Gasteiger partial charge in [0.1, 0.15) is 0 Å². The highest BCUT2D eigenvalue weighted by Crippen LogP contribution is 2.30. The summed E-state index contributed by atoms with van der Waals surface area (Å²) < 4.78 is 10.1. The topological polar surface area (TPSA) is 55.8 Å². The fourth-order valence-electron chi connectivity index (χ4n) is 2.84. The molecule has 1 saturated carbocycles. The Hall–Kier alpha value is -1.83. The summed E-state index contributed by atoms with van der Waals surface area (Å²) in [6.07, 6.45) is 3.20. The second kappa shape index (κ2) is 6.95. The van der Waals surface area contributed by atoms with Crippen LogP contribution < -0.4 is 0 Å². The molecule has 0 amide bonds. The fraction of sp³-hybridized carbons (Fsp3) is 0.500. The monoisotopic (exact) mass is 302 g/mol. The number of rotatable bonds is 2. The van der Waals surface area contributed by atoms with Crippen LogP contribution in [0.4, 0.5) is 0 Å². The molecule has 0 bridgehead atoms. The lowest BCUT2D eigenvalue weighted by Gasteiger charge is -2.34. The summed E-state index contributed by atoms with van der Waals surface area (Å²) in [5, 5.41) is 10.7. The molecule has 1 aromatic rings. The molecule has 0 heterocycles. The summed E-state index contributed by atoms with van der Waals surface area (Å²) >= 11 is 0. The van der Waals surface area contributed by atoms with Crippen molar-refractivity contribution in [1.29, 1.82) is 0 Å². The van der Waals surface area contributed by atoms with Crippen molar-refractivity contribution in [2.45, 2.75) is 44.3 Å². The van der Waals surface area contributed by atoms with Gasteiger partial charge in [0.25, 0.3) is 0 Å². The number of esters is 1. The second-order valence-electron chi connectivity index (χ2n) is 5.67. The van der Waals surface area contributed by atoms with E-state index in [4.69, 9.17) is 9.47 Å². The zero-order valence-electron chi connectivity index (χ0n) is 13.3. The molecule has 118 valence electrons. The predicted octanol–water partition coefficient (Wildman–Crippen LogP) is 2.45. The van der Waals surface area contributed by atoms with Crippen LogP contribution in [0.5, 0.6) is 0 Å². The average Bonchev–Trinajstić information content (AvgIpc) is 2.53. The van der Waals surface area contributed by atoms with Gasteiger partial charge in [0.15, 0.2) is 5.60 Å². The molecule has 0 radical (unpaired) electrons. The number of carbonyl (C=O) groups is 1. The minimum absolute atomic E-state index is 0.246. The molecule has 1 aliphatic carbocycles. The molecule has 0 spiro atoms. The Morgan fingerprint density at radius 3 is 2.77 bits per heavy atom. The van der Waals surface area contributed by atoms with E-state index in [1.54, 1.807) is 19.2 Å². The number of ether oxygens (including phenoxy) is 2. The van der Waals surface area contributed by atoms with Gasteiger partial charge in [-0.05, 0) is 49.9 Å². The lowest BCUT2D eigenvalue weighted by atomic mass is 9.82. The Labute approximate surface area is 131 Å². The summed E-state index contributed by atoms with van der Waals surface area (Å²) in [6.45, 7) is 1.84. The van der Waals surface area contributed by atoms with Crippen LogP contribution in [0, 0.1) is 18.8 Å². The lowest BCUT2D eigenvalue weighted by Crippen LogP contribution is -2.44. The SMILES string of the molecule is COC(=O)c1ccc(C#CC2(O)CCCC[C@@H]2OC)cc1C. The quantitative estimate of drug-likeness (QED) is 0.673. The first kappa shape index (κ1) is 16.5. The molecule has 2 atom stereocenters. The van der Waals surface area contributed by atoms with E-state index in [-0.39, 0.29) is 12.1 Å². The molecule has 4 nitrogen and oxygen atoms in total. The standard InChI is InChI=1S/C18H22O4/c1-13-12-14(7-8-15(13)17(19)22-3)9-11-18(20)10-5-4-6-16(18)21-2/h7-8,12,16,20H,4-6,10H2,1-3H3/t16-,18?/m0/s1. The number of hydrogen-bond acceptors (Lipinski definition) is 4. The number of hydrogen-bond donors (Lipinski definition) is 1. The summed E-state index contributed by atoms with van der Waals surface area (Å²) in [5.41, 5.74) is 0.998. The van der Waals surface area contributed by atoms with Crippen molar-refractivity contribution in [3.63, 3.8) is 0 Å². The lowest BCUT2D eigenvalue weighted by molar-refractivity contribution is -0.0795. The largest absolute Gasteiger partial charge is 0.465 e. The van der Waals surface area contributed by atoms with E-state index >= 15 is 0 Å². The van der Waals surface area contributed by atoms with Crippen molar-refractivity contribution in [1.82, 2.24) is 0 Å². The van der Waals surface area contributed by atoms with E-state index in [1.165, 1.54) is 7.11 Å². The molecule has 0 saturated heterocycles. The van der Waals surface area contributed by atoms with E-state index in [9.17, 15) is 9.90 Å². The van der Waals surface area contributed by atoms with Gasteiger partial charge < -0.3 is 14.6 Å². The number of methoxy groups -OCH3 is 2. The van der Waals surface area contributed by atoms with Crippen LogP contribution >= 0.6 is 0 Å². The Kier molecular flexibility index (Phi) is 5.23. The zero-order chi connectivity index (χ0) is 16.2. The van der Waals surface area contributed by atoms with Gasteiger partial charge in [-0.1, -0.05) is 18.3 Å². The number of benzene rings is 1. The molecule has 1 unspecified atom stereocenters. The molecule has 22 heavy (non-hydrogen) atoms. The molecule has 2 rings (SSSR count). The molecular weight excluding hydrogens is 280 g/mol. The third-order valence-electron chi connectivity index (χ3n) is 4.15. The van der Waals surface area contributed by atoms with Crippen molar-refractivity contribution < 1.29 is 19.4 Å². The van der Waals surface area contributed by atoms with E-state index in [0.717, 1.165) is 30.4 Å². The van der Waals surface area contributed by atoms with Crippen LogP contribution in [0.2, 0.25) is 0 Å². The second-order valence-corrected chi connectivity index (χ2v) is 5.67. The van der Waals surface area contributed by atoms with Crippen molar-refractivity contribution in [3.8, 4) is 11.8 Å². The maximum absolute atomic E-state index is 11.6. The highest BCUT2D eigenvalue weighted by atomic mass is 16.5. The van der Waals surface area contributed by atoms with Gasteiger partial charge in [-0.2, -0.15) is 0 Å². The summed E-state index contributed by atoms with van der Waals surface area (Å²) in [5.74, 6) is 5.62. The van der Waals surface area contributed by atoms with Crippen LogP contribution in [0.15, 0.2) is 18.2 Å². The van der Waals surface area contributed by atoms with E-state index in [0.29, 0.717) is 12.0 Å². The van der Waals surface area contributed by atoms with E-state index in [2.05, 4.69) is 11.8 Å². The van der Waals surface area contributed by atoms with Crippen LogP contribution in [0.25, 0.3) is 0 Å². The van der Waals surface area contributed by atoms with Crippen molar-refractivity contribution in [3.05, 3.63) is 34.9 Å². The zero-order valence-corrected chi connectivity index (χ0v) is 13.3. The van der Waals surface area contributed by atoms with Crippen molar-refractivity contribution in [2.24, 2.45) is 0 Å². The normalized spacial score (nSPS) is 24.3. The molecule has 1 aromatic carbocycles. The van der Waals surface area contributed by atoms with Crippen LogP contribution in [-0.2, 0) is 9.47 Å². The van der Waals surface area contributed by atoms with Gasteiger partial charge in [-0.3, -0.25) is 0 Å². The van der Waals surface area contributed by atoms with Gasteiger partial charge in [0.2, 0.25) is 0 Å². The predicted molar refractivity (Wildman–Crippen MR) is 83.6 cm³/mol. The molecule has 1 aliphatic rings. The molecule has 4 heteroatoms.